The summed E-state index contributed by atoms with van der Waals surface area (Å²) in [5.41, 5.74) is 1.26. The number of aromatic nitrogens is 2. The minimum Gasteiger partial charge on any atom is -0.296 e. The molecule has 0 atom stereocenters. The number of nitro benzene ring substituents is 1. The van der Waals surface area contributed by atoms with E-state index in [0.717, 1.165) is 11.3 Å². The van der Waals surface area contributed by atoms with Gasteiger partial charge in [0, 0.05) is 22.8 Å². The summed E-state index contributed by atoms with van der Waals surface area (Å²) in [5, 5.41) is 22.9. The molecular formula is C16H11ClN4O3S. The summed E-state index contributed by atoms with van der Waals surface area (Å²) in [5.74, 6) is -0.495. The van der Waals surface area contributed by atoms with E-state index in [1.54, 1.807) is 25.1 Å². The first-order valence-corrected chi connectivity index (χ1v) is 8.30. The minimum atomic E-state index is -0.521. The predicted octanol–water partition coefficient (Wildman–Crippen LogP) is 4.33. The van der Waals surface area contributed by atoms with Crippen molar-refractivity contribution < 1.29 is 9.72 Å². The smallest absolute Gasteiger partial charge is 0.273 e. The number of anilines is 1. The molecule has 0 saturated heterocycles. The Morgan fingerprint density at radius 1 is 1.24 bits per heavy atom. The standard InChI is InChI=1S/C16H11ClN4O3S/c1-9-6-7-10(8-13(9)21(23)24)14(22)18-16-20-19-15(25-16)11-4-2-3-5-12(11)17/h2-8H,1H3,(H,18,20,22). The summed E-state index contributed by atoms with van der Waals surface area (Å²) < 4.78 is 0. The molecule has 3 aromatic rings. The molecule has 0 aliphatic rings. The van der Waals surface area contributed by atoms with Gasteiger partial charge in [-0.1, -0.05) is 47.2 Å². The van der Waals surface area contributed by atoms with Crippen LogP contribution in [0.5, 0.6) is 0 Å². The van der Waals surface area contributed by atoms with Gasteiger partial charge >= 0.3 is 0 Å². The normalized spacial score (nSPS) is 10.5. The van der Waals surface area contributed by atoms with Gasteiger partial charge in [0.25, 0.3) is 11.6 Å². The second-order valence-corrected chi connectivity index (χ2v) is 6.49. The second-order valence-electron chi connectivity index (χ2n) is 5.10. The van der Waals surface area contributed by atoms with Crippen LogP contribution in [0.4, 0.5) is 10.8 Å². The summed E-state index contributed by atoms with van der Waals surface area (Å²) in [7, 11) is 0. The van der Waals surface area contributed by atoms with E-state index in [-0.39, 0.29) is 16.4 Å². The maximum Gasteiger partial charge on any atom is 0.273 e. The molecule has 9 heteroatoms. The Morgan fingerprint density at radius 2 is 2.00 bits per heavy atom. The predicted molar refractivity (Wildman–Crippen MR) is 96.1 cm³/mol. The van der Waals surface area contributed by atoms with Crippen LogP contribution in [-0.4, -0.2) is 21.0 Å². The molecule has 126 valence electrons. The molecule has 0 bridgehead atoms. The highest BCUT2D eigenvalue weighted by atomic mass is 35.5. The first-order valence-electron chi connectivity index (χ1n) is 7.10. The Balaban J connectivity index is 1.82. The third-order valence-electron chi connectivity index (χ3n) is 3.42. The van der Waals surface area contributed by atoms with Gasteiger partial charge in [-0.3, -0.25) is 20.2 Å². The topological polar surface area (TPSA) is 98.0 Å². The largest absolute Gasteiger partial charge is 0.296 e. The number of amides is 1. The van der Waals surface area contributed by atoms with Crippen LogP contribution in [0, 0.1) is 17.0 Å². The number of nitro groups is 1. The molecule has 3 rings (SSSR count). The highest BCUT2D eigenvalue weighted by Crippen LogP contribution is 2.31. The van der Waals surface area contributed by atoms with Crippen LogP contribution in [0.25, 0.3) is 10.6 Å². The van der Waals surface area contributed by atoms with Gasteiger partial charge in [-0.2, -0.15) is 0 Å². The zero-order chi connectivity index (χ0) is 18.0. The third kappa shape index (κ3) is 3.65. The highest BCUT2D eigenvalue weighted by Gasteiger charge is 2.17. The number of hydrogen-bond donors (Lipinski definition) is 1. The van der Waals surface area contributed by atoms with Crippen molar-refractivity contribution in [3.63, 3.8) is 0 Å². The number of hydrogen-bond acceptors (Lipinski definition) is 6. The van der Waals surface area contributed by atoms with Crippen molar-refractivity contribution in [1.82, 2.24) is 10.2 Å². The molecule has 0 fully saturated rings. The van der Waals surface area contributed by atoms with Crippen molar-refractivity contribution in [2.24, 2.45) is 0 Å². The van der Waals surface area contributed by atoms with E-state index >= 15 is 0 Å². The van der Waals surface area contributed by atoms with Gasteiger partial charge in [-0.15, -0.1) is 10.2 Å². The summed E-state index contributed by atoms with van der Waals surface area (Å²) in [6, 6.07) is 11.5. The number of nitrogens with zero attached hydrogens (tertiary/aromatic N) is 3. The van der Waals surface area contributed by atoms with E-state index in [1.807, 2.05) is 6.07 Å². The SMILES string of the molecule is Cc1ccc(C(=O)Nc2nnc(-c3ccccc3Cl)s2)cc1[N+](=O)[O-]. The molecule has 1 amide bonds. The van der Waals surface area contributed by atoms with Crippen LogP contribution in [0.15, 0.2) is 42.5 Å². The third-order valence-corrected chi connectivity index (χ3v) is 4.62. The number of nitrogens with one attached hydrogen (secondary N) is 1. The lowest BCUT2D eigenvalue weighted by Gasteiger charge is -2.03. The lowest BCUT2D eigenvalue weighted by Crippen LogP contribution is -2.12. The zero-order valence-electron chi connectivity index (χ0n) is 12.9. The molecular weight excluding hydrogens is 364 g/mol. The van der Waals surface area contributed by atoms with Crippen molar-refractivity contribution in [2.75, 3.05) is 5.32 Å². The van der Waals surface area contributed by atoms with Gasteiger partial charge in [0.05, 0.1) is 9.95 Å². The number of carbonyl (C=O) groups excluding carboxylic acids is 1. The fraction of sp³-hybridized carbons (Fsp3) is 0.0625. The first kappa shape index (κ1) is 17.0. The van der Waals surface area contributed by atoms with Crippen LogP contribution in [0.2, 0.25) is 5.02 Å². The fourth-order valence-electron chi connectivity index (χ4n) is 2.13. The molecule has 0 aliphatic carbocycles. The summed E-state index contributed by atoms with van der Waals surface area (Å²) in [6.07, 6.45) is 0. The summed E-state index contributed by atoms with van der Waals surface area (Å²) in [6.45, 7) is 1.61. The molecule has 25 heavy (non-hydrogen) atoms. The van der Waals surface area contributed by atoms with Crippen LogP contribution in [0.3, 0.4) is 0 Å². The van der Waals surface area contributed by atoms with Crippen molar-refractivity contribution in [1.29, 1.82) is 0 Å². The van der Waals surface area contributed by atoms with Crippen molar-refractivity contribution >= 4 is 39.7 Å². The molecule has 2 aromatic carbocycles. The molecule has 0 unspecified atom stereocenters. The van der Waals surface area contributed by atoms with Crippen molar-refractivity contribution in [3.8, 4) is 10.6 Å². The average molecular weight is 375 g/mol. The number of aryl methyl sites for hydroxylation is 1. The number of rotatable bonds is 4. The molecule has 0 saturated carbocycles. The Morgan fingerprint density at radius 3 is 2.72 bits per heavy atom. The Labute approximate surface area is 151 Å². The summed E-state index contributed by atoms with van der Waals surface area (Å²) >= 11 is 7.28. The second kappa shape index (κ2) is 6.96. The highest BCUT2D eigenvalue weighted by molar-refractivity contribution is 7.18. The van der Waals surface area contributed by atoms with Crippen LogP contribution >= 0.6 is 22.9 Å². The van der Waals surface area contributed by atoms with Gasteiger partial charge in [-0.05, 0) is 19.1 Å². The molecule has 0 aliphatic heterocycles. The molecule has 1 heterocycles. The van der Waals surface area contributed by atoms with E-state index in [0.29, 0.717) is 21.2 Å². The van der Waals surface area contributed by atoms with E-state index in [4.69, 9.17) is 11.6 Å². The van der Waals surface area contributed by atoms with Gasteiger partial charge in [0.15, 0.2) is 5.01 Å². The van der Waals surface area contributed by atoms with E-state index < -0.39 is 10.8 Å². The van der Waals surface area contributed by atoms with Gasteiger partial charge in [0.2, 0.25) is 5.13 Å². The van der Waals surface area contributed by atoms with Crippen molar-refractivity contribution in [3.05, 3.63) is 68.7 Å². The quantitative estimate of drug-likeness (QED) is 0.541. The maximum atomic E-state index is 12.3. The number of halogens is 1. The minimum absolute atomic E-state index is 0.110. The van der Waals surface area contributed by atoms with Gasteiger partial charge in [-0.25, -0.2) is 0 Å². The summed E-state index contributed by atoms with van der Waals surface area (Å²) in [4.78, 5) is 22.8. The van der Waals surface area contributed by atoms with E-state index in [2.05, 4.69) is 15.5 Å². The molecule has 0 spiro atoms. The van der Waals surface area contributed by atoms with Crippen molar-refractivity contribution in [2.45, 2.75) is 6.92 Å². The lowest BCUT2D eigenvalue weighted by atomic mass is 10.1. The Kier molecular flexibility index (Phi) is 4.73. The molecule has 1 N–H and O–H groups in total. The van der Waals surface area contributed by atoms with Gasteiger partial charge in [0.1, 0.15) is 0 Å². The van der Waals surface area contributed by atoms with E-state index in [1.165, 1.54) is 18.2 Å². The zero-order valence-corrected chi connectivity index (χ0v) is 14.5. The molecule has 1 aromatic heterocycles. The van der Waals surface area contributed by atoms with E-state index in [9.17, 15) is 14.9 Å². The monoisotopic (exact) mass is 374 g/mol. The first-order chi connectivity index (χ1) is 12.0. The number of benzene rings is 2. The van der Waals surface area contributed by atoms with Crippen LogP contribution in [0.1, 0.15) is 15.9 Å². The Hall–Kier alpha value is -2.84. The van der Waals surface area contributed by atoms with Gasteiger partial charge < -0.3 is 0 Å². The van der Waals surface area contributed by atoms with Crippen LogP contribution in [-0.2, 0) is 0 Å². The Bertz CT molecular complexity index is 974. The lowest BCUT2D eigenvalue weighted by molar-refractivity contribution is -0.385. The van der Waals surface area contributed by atoms with Crippen LogP contribution < -0.4 is 5.32 Å². The molecule has 0 radical (unpaired) electrons. The maximum absolute atomic E-state index is 12.3. The average Bonchev–Trinajstić information content (AvgIpc) is 3.03. The number of carbonyl (C=O) groups is 1. The molecule has 7 nitrogen and oxygen atoms in total. The fourth-order valence-corrected chi connectivity index (χ4v) is 3.19.